The van der Waals surface area contributed by atoms with E-state index in [1.165, 1.54) is 12.1 Å². The maximum atomic E-state index is 12.8. The molecule has 0 aliphatic carbocycles. The average Bonchev–Trinajstić information content (AvgIpc) is 1.96. The number of aliphatic carboxylic acids is 1. The van der Waals surface area contributed by atoms with Crippen molar-refractivity contribution in [2.75, 3.05) is 0 Å². The largest absolute Gasteiger partial charge is 0.481 e. The quantitative estimate of drug-likeness (QED) is 0.839. The molecule has 5 heteroatoms. The van der Waals surface area contributed by atoms with Crippen molar-refractivity contribution in [1.82, 2.24) is 0 Å². The van der Waals surface area contributed by atoms with Gasteiger partial charge >= 0.3 is 5.97 Å². The van der Waals surface area contributed by atoms with Gasteiger partial charge in [0.15, 0.2) is 0 Å². The number of benzene rings is 1. The molecule has 0 spiro atoms. The van der Waals surface area contributed by atoms with Gasteiger partial charge in [0.05, 0.1) is 6.42 Å². The molecule has 1 rings (SSSR count). The van der Waals surface area contributed by atoms with Crippen LogP contribution in [0.2, 0.25) is 5.02 Å². The van der Waals surface area contributed by atoms with Crippen molar-refractivity contribution >= 4 is 30.0 Å². The van der Waals surface area contributed by atoms with Gasteiger partial charge in [0.25, 0.3) is 0 Å². The number of hydrogen-bond acceptors (Lipinski definition) is 1. The van der Waals surface area contributed by atoms with Gasteiger partial charge in [0.1, 0.15) is 5.82 Å². The number of hydrogen-bond donors (Lipinski definition) is 1. The van der Waals surface area contributed by atoms with Gasteiger partial charge in [-0.25, -0.2) is 4.39 Å². The first kappa shape index (κ1) is 12.2. The summed E-state index contributed by atoms with van der Waals surface area (Å²) in [6, 6.07) is 3.84. The molecule has 1 aromatic rings. The maximum Gasteiger partial charge on any atom is 0.307 e. The Bertz CT molecular complexity index is 315. The lowest BCUT2D eigenvalue weighted by molar-refractivity contribution is -0.136. The van der Waals surface area contributed by atoms with E-state index >= 15 is 0 Å². The van der Waals surface area contributed by atoms with Crippen LogP contribution in [0.4, 0.5) is 4.39 Å². The Kier molecular flexibility index (Phi) is 4.73. The lowest BCUT2D eigenvalue weighted by Gasteiger charge is -1.99. The highest BCUT2D eigenvalue weighted by atomic mass is 35.5. The lowest BCUT2D eigenvalue weighted by atomic mass is 10.1. The van der Waals surface area contributed by atoms with Crippen LogP contribution >= 0.6 is 24.0 Å². The minimum Gasteiger partial charge on any atom is -0.481 e. The second kappa shape index (κ2) is 5.04. The molecule has 1 N–H and O–H groups in total. The zero-order valence-electron chi connectivity index (χ0n) is 6.46. The molecular weight excluding hydrogens is 218 g/mol. The Labute approximate surface area is 85.7 Å². The van der Waals surface area contributed by atoms with E-state index in [1.807, 2.05) is 0 Å². The standard InChI is InChI=1S/C8H6ClFO2.ClH/c9-6-1-2-7(10)5(3-6)4-8(11)12;/h1-3H,4H2,(H,11,12);1H. The summed E-state index contributed by atoms with van der Waals surface area (Å²) in [5, 5.41) is 8.71. The second-order valence-electron chi connectivity index (χ2n) is 2.31. The fourth-order valence-electron chi connectivity index (χ4n) is 0.842. The van der Waals surface area contributed by atoms with Crippen LogP contribution < -0.4 is 0 Å². The summed E-state index contributed by atoms with van der Waals surface area (Å²) < 4.78 is 12.8. The minimum absolute atomic E-state index is 0. The second-order valence-corrected chi connectivity index (χ2v) is 2.74. The van der Waals surface area contributed by atoms with Gasteiger partial charge in [-0.15, -0.1) is 12.4 Å². The first-order valence-electron chi connectivity index (χ1n) is 3.25. The van der Waals surface area contributed by atoms with Gasteiger partial charge in [-0.3, -0.25) is 4.79 Å². The normalized spacial score (nSPS) is 9.08. The number of carboxylic acid groups (broad SMARTS) is 1. The van der Waals surface area contributed by atoms with Crippen LogP contribution in [0.3, 0.4) is 0 Å². The number of rotatable bonds is 2. The maximum absolute atomic E-state index is 12.8. The molecule has 0 heterocycles. The smallest absolute Gasteiger partial charge is 0.307 e. The Hall–Kier alpha value is -0.800. The van der Waals surface area contributed by atoms with E-state index < -0.39 is 11.8 Å². The van der Waals surface area contributed by atoms with Crippen LogP contribution in [0.1, 0.15) is 5.56 Å². The summed E-state index contributed by atoms with van der Waals surface area (Å²) in [5.41, 5.74) is 0.106. The molecule has 72 valence electrons. The van der Waals surface area contributed by atoms with Gasteiger partial charge in [0.2, 0.25) is 0 Å². The Morgan fingerprint density at radius 3 is 2.69 bits per heavy atom. The number of halogens is 3. The van der Waals surface area contributed by atoms with Crippen LogP contribution in [0.25, 0.3) is 0 Å². The molecule has 0 unspecified atom stereocenters. The van der Waals surface area contributed by atoms with E-state index in [0.29, 0.717) is 5.02 Å². The molecule has 13 heavy (non-hydrogen) atoms. The van der Waals surface area contributed by atoms with E-state index in [2.05, 4.69) is 0 Å². The minimum atomic E-state index is -1.07. The topological polar surface area (TPSA) is 37.3 Å². The van der Waals surface area contributed by atoms with Crippen LogP contribution in [0, 0.1) is 5.82 Å². The fraction of sp³-hybridized carbons (Fsp3) is 0.125. The van der Waals surface area contributed by atoms with Crippen molar-refractivity contribution in [2.24, 2.45) is 0 Å². The highest BCUT2D eigenvalue weighted by molar-refractivity contribution is 6.30. The lowest BCUT2D eigenvalue weighted by Crippen LogP contribution is -2.02. The number of carboxylic acids is 1. The summed E-state index contributed by atoms with van der Waals surface area (Å²) in [5.74, 6) is -1.61. The third-order valence-corrected chi connectivity index (χ3v) is 1.58. The molecule has 0 radical (unpaired) electrons. The van der Waals surface area contributed by atoms with Gasteiger partial charge < -0.3 is 5.11 Å². The first-order valence-corrected chi connectivity index (χ1v) is 3.63. The van der Waals surface area contributed by atoms with Gasteiger partial charge in [0, 0.05) is 10.6 Å². The Morgan fingerprint density at radius 1 is 1.54 bits per heavy atom. The fourth-order valence-corrected chi connectivity index (χ4v) is 1.04. The summed E-state index contributed by atoms with van der Waals surface area (Å²) >= 11 is 5.54. The molecule has 0 aliphatic rings. The molecular formula is C8H7Cl2FO2. The molecule has 0 atom stereocenters. The Balaban J connectivity index is 0.00000144. The van der Waals surface area contributed by atoms with Crippen molar-refractivity contribution in [3.05, 3.63) is 34.6 Å². The number of carbonyl (C=O) groups is 1. The monoisotopic (exact) mass is 224 g/mol. The Morgan fingerprint density at radius 2 is 2.15 bits per heavy atom. The summed E-state index contributed by atoms with van der Waals surface area (Å²) in [6.07, 6.45) is -0.341. The summed E-state index contributed by atoms with van der Waals surface area (Å²) in [7, 11) is 0. The van der Waals surface area contributed by atoms with Gasteiger partial charge in [-0.2, -0.15) is 0 Å². The van der Waals surface area contributed by atoms with Crippen LogP contribution in [-0.4, -0.2) is 11.1 Å². The van der Waals surface area contributed by atoms with E-state index in [0.717, 1.165) is 6.07 Å². The highest BCUT2D eigenvalue weighted by Crippen LogP contribution is 2.15. The van der Waals surface area contributed by atoms with Crippen LogP contribution in [0.15, 0.2) is 18.2 Å². The molecule has 0 saturated carbocycles. The van der Waals surface area contributed by atoms with E-state index in [4.69, 9.17) is 16.7 Å². The van der Waals surface area contributed by atoms with Crippen molar-refractivity contribution < 1.29 is 14.3 Å². The van der Waals surface area contributed by atoms with E-state index in [-0.39, 0.29) is 24.4 Å². The molecule has 0 aromatic heterocycles. The van der Waals surface area contributed by atoms with Gasteiger partial charge in [-0.05, 0) is 18.2 Å². The van der Waals surface area contributed by atoms with Crippen LogP contribution in [-0.2, 0) is 11.2 Å². The summed E-state index contributed by atoms with van der Waals surface area (Å²) in [6.45, 7) is 0. The molecule has 0 saturated heterocycles. The molecule has 0 bridgehead atoms. The first-order chi connectivity index (χ1) is 5.59. The molecule has 0 fully saturated rings. The zero-order chi connectivity index (χ0) is 9.14. The van der Waals surface area contributed by atoms with E-state index in [1.54, 1.807) is 0 Å². The van der Waals surface area contributed by atoms with Crippen molar-refractivity contribution in [3.8, 4) is 0 Å². The molecule has 1 aromatic carbocycles. The van der Waals surface area contributed by atoms with Crippen molar-refractivity contribution in [1.29, 1.82) is 0 Å². The molecule has 0 amide bonds. The average molecular weight is 225 g/mol. The van der Waals surface area contributed by atoms with Crippen molar-refractivity contribution in [2.45, 2.75) is 6.42 Å². The van der Waals surface area contributed by atoms with E-state index in [9.17, 15) is 9.18 Å². The SMILES string of the molecule is Cl.O=C(O)Cc1cc(Cl)ccc1F. The van der Waals surface area contributed by atoms with Crippen LogP contribution in [0.5, 0.6) is 0 Å². The summed E-state index contributed by atoms with van der Waals surface area (Å²) in [4.78, 5) is 10.2. The zero-order valence-corrected chi connectivity index (χ0v) is 8.03. The molecule has 2 nitrogen and oxygen atoms in total. The highest BCUT2D eigenvalue weighted by Gasteiger charge is 2.06. The predicted molar refractivity (Wildman–Crippen MR) is 50.0 cm³/mol. The molecule has 0 aliphatic heterocycles. The third-order valence-electron chi connectivity index (χ3n) is 1.35. The third kappa shape index (κ3) is 3.61. The van der Waals surface area contributed by atoms with Crippen molar-refractivity contribution in [3.63, 3.8) is 0 Å². The van der Waals surface area contributed by atoms with Gasteiger partial charge in [-0.1, -0.05) is 11.6 Å². The predicted octanol–water partition coefficient (Wildman–Crippen LogP) is 2.53.